The van der Waals surface area contributed by atoms with Gasteiger partial charge in [0.05, 0.1) is 0 Å². The van der Waals surface area contributed by atoms with Crippen LogP contribution in [0.25, 0.3) is 21.5 Å². The van der Waals surface area contributed by atoms with Gasteiger partial charge in [-0.05, 0) is 0 Å². The minimum atomic E-state index is 0. The second kappa shape index (κ2) is 12.7. The summed E-state index contributed by atoms with van der Waals surface area (Å²) in [4.78, 5) is 0. The molecule has 0 aliphatic rings. The minimum absolute atomic E-state index is 0. The second-order valence-electron chi connectivity index (χ2n) is 4.53. The van der Waals surface area contributed by atoms with Crippen molar-refractivity contribution in [3.05, 3.63) is 84.9 Å². The van der Waals surface area contributed by atoms with Crippen LogP contribution in [0.15, 0.2) is 84.9 Å². The van der Waals surface area contributed by atoms with Crippen molar-refractivity contribution in [3.8, 4) is 0 Å². The molecule has 0 unspecified atom stereocenters. The molecule has 0 fully saturated rings. The van der Waals surface area contributed by atoms with Gasteiger partial charge in [-0.2, -0.15) is 18.2 Å². The van der Waals surface area contributed by atoms with Crippen LogP contribution >= 0.6 is 0 Å². The van der Waals surface area contributed by atoms with Gasteiger partial charge in [0, 0.05) is 0 Å². The Morgan fingerprint density at radius 2 is 1.13 bits per heavy atom. The van der Waals surface area contributed by atoms with Crippen LogP contribution < -0.4 is 24.8 Å². The Bertz CT molecular complexity index is 724. The molecule has 0 aromatic heterocycles. The standard InChI is InChI=1S/C13H9.C5H5.CH3Si.2ClH.Zr/c1-3-7-12-10(5-1)9-11-6-2-4-8-13(11)12;1-2-4-5-3-1;1-2;;;/h1-9H;1-5H;1H3;2*1H;/q2*-1;;;;+2/p-2. The molecule has 0 bridgehead atoms. The van der Waals surface area contributed by atoms with E-state index in [0.29, 0.717) is 0 Å². The van der Waals surface area contributed by atoms with E-state index >= 15 is 0 Å². The van der Waals surface area contributed by atoms with E-state index < -0.39 is 0 Å². The fraction of sp³-hybridized carbons (Fsp3) is 0.0526. The van der Waals surface area contributed by atoms with E-state index in [0.717, 1.165) is 0 Å². The van der Waals surface area contributed by atoms with E-state index in [1.54, 1.807) is 23.3 Å². The normalized spacial score (nSPS) is 8.65. The van der Waals surface area contributed by atoms with Crippen LogP contribution in [-0.2, 0) is 23.3 Å². The summed E-state index contributed by atoms with van der Waals surface area (Å²) in [7, 11) is 0. The maximum Gasteiger partial charge on any atom is -0.0771 e. The van der Waals surface area contributed by atoms with Crippen molar-refractivity contribution in [2.75, 3.05) is 0 Å². The van der Waals surface area contributed by atoms with Crippen LogP contribution in [0.4, 0.5) is 0 Å². The van der Waals surface area contributed by atoms with E-state index in [1.165, 1.54) is 27.7 Å². The van der Waals surface area contributed by atoms with E-state index in [9.17, 15) is 0 Å². The molecule has 0 heterocycles. The first-order valence-electron chi connectivity index (χ1n) is 6.90. The second-order valence-corrected chi connectivity index (χ2v) is 8.72. The number of hydrogen-bond acceptors (Lipinski definition) is 0. The zero-order chi connectivity index (χ0) is 14.9. The van der Waals surface area contributed by atoms with Crippen molar-refractivity contribution in [3.63, 3.8) is 0 Å². The maximum atomic E-state index is 2.24. The Balaban J connectivity index is 0.000000413. The van der Waals surface area contributed by atoms with E-state index in [4.69, 9.17) is 0 Å². The Labute approximate surface area is 166 Å². The SMILES string of the molecule is C[Si]=[Zr+2].[Cl-].[Cl-].c1cc[cH-]c1.c1ccc2c(c1)[cH-]c1ccccc12. The molecule has 0 amide bonds. The zero-order valence-electron chi connectivity index (χ0n) is 12.8. The third kappa shape index (κ3) is 6.77. The van der Waals surface area contributed by atoms with Gasteiger partial charge in [0.25, 0.3) is 0 Å². The van der Waals surface area contributed by atoms with Gasteiger partial charge in [0.15, 0.2) is 0 Å². The van der Waals surface area contributed by atoms with E-state index in [1.807, 2.05) is 30.3 Å². The van der Waals surface area contributed by atoms with Crippen molar-refractivity contribution in [1.82, 2.24) is 0 Å². The van der Waals surface area contributed by atoms with Gasteiger partial charge < -0.3 is 24.8 Å². The molecule has 0 nitrogen and oxygen atoms in total. The molecule has 4 aromatic carbocycles. The van der Waals surface area contributed by atoms with E-state index in [2.05, 4.69) is 61.1 Å². The molecule has 4 heteroatoms. The molecule has 0 saturated heterocycles. The van der Waals surface area contributed by atoms with Gasteiger partial charge in [0.2, 0.25) is 0 Å². The average Bonchev–Trinajstić information content (AvgIpc) is 3.19. The van der Waals surface area contributed by atoms with Crippen LogP contribution in [0.1, 0.15) is 0 Å². The fourth-order valence-corrected chi connectivity index (χ4v) is 2.22. The molecule has 0 atom stereocenters. The molecule has 0 N–H and O–H groups in total. The van der Waals surface area contributed by atoms with Gasteiger partial charge in [0.1, 0.15) is 0 Å². The van der Waals surface area contributed by atoms with Gasteiger partial charge in [-0.3, -0.25) is 0 Å². The quantitative estimate of drug-likeness (QED) is 0.254. The largest absolute Gasteiger partial charge is 1.00 e. The van der Waals surface area contributed by atoms with Gasteiger partial charge >= 0.3 is 36.0 Å². The molecular formula is C19H17Cl2SiZr-2. The summed E-state index contributed by atoms with van der Waals surface area (Å²) in [5.41, 5.74) is 0. The van der Waals surface area contributed by atoms with Gasteiger partial charge in [-0.1, -0.05) is 36.4 Å². The molecule has 0 aliphatic heterocycles. The minimum Gasteiger partial charge on any atom is -1.00 e. The smallest absolute Gasteiger partial charge is 0.0771 e. The molecule has 0 aliphatic carbocycles. The topological polar surface area (TPSA) is 0 Å². The summed E-state index contributed by atoms with van der Waals surface area (Å²) in [6, 6.07) is 29.3. The Morgan fingerprint density at radius 1 is 0.739 bits per heavy atom. The van der Waals surface area contributed by atoms with Crippen molar-refractivity contribution in [2.24, 2.45) is 0 Å². The third-order valence-electron chi connectivity index (χ3n) is 3.08. The van der Waals surface area contributed by atoms with E-state index in [-0.39, 0.29) is 24.8 Å². The van der Waals surface area contributed by atoms with Crippen molar-refractivity contribution >= 4 is 27.7 Å². The summed E-state index contributed by atoms with van der Waals surface area (Å²) in [5.74, 6) is 0. The molecule has 4 rings (SSSR count). The molecule has 0 spiro atoms. The Hall–Kier alpha value is -0.660. The van der Waals surface area contributed by atoms with Crippen molar-refractivity contribution < 1.29 is 48.1 Å². The fourth-order valence-electron chi connectivity index (χ4n) is 2.22. The molecule has 1 radical (unpaired) electrons. The average molecular weight is 436 g/mol. The molecule has 0 saturated carbocycles. The van der Waals surface area contributed by atoms with Gasteiger partial charge in [-0.25, -0.2) is 12.1 Å². The summed E-state index contributed by atoms with van der Waals surface area (Å²) in [6.07, 6.45) is 1.17. The van der Waals surface area contributed by atoms with Crippen molar-refractivity contribution in [2.45, 2.75) is 6.55 Å². The van der Waals surface area contributed by atoms with Gasteiger partial charge in [-0.15, -0.1) is 39.7 Å². The van der Waals surface area contributed by atoms with Crippen LogP contribution in [0.2, 0.25) is 6.55 Å². The number of hydrogen-bond donors (Lipinski definition) is 0. The molecule has 117 valence electrons. The summed E-state index contributed by atoms with van der Waals surface area (Å²) < 4.78 is 0. The zero-order valence-corrected chi connectivity index (χ0v) is 17.8. The monoisotopic (exact) mass is 433 g/mol. The predicted octanol–water partition coefficient (Wildman–Crippen LogP) is -0.674. The Morgan fingerprint density at radius 3 is 1.48 bits per heavy atom. The van der Waals surface area contributed by atoms with Crippen molar-refractivity contribution in [1.29, 1.82) is 0 Å². The first kappa shape index (κ1) is 22.3. The predicted molar refractivity (Wildman–Crippen MR) is 90.7 cm³/mol. The number of halogens is 2. The third-order valence-corrected chi connectivity index (χ3v) is 3.08. The van der Waals surface area contributed by atoms with Crippen LogP contribution in [0.3, 0.4) is 0 Å². The molecular weight excluding hydrogens is 418 g/mol. The van der Waals surface area contributed by atoms with Crippen LogP contribution in [-0.4, -0.2) is 6.16 Å². The maximum absolute atomic E-state index is 2.24. The first-order valence-corrected chi connectivity index (χ1v) is 12.1. The summed E-state index contributed by atoms with van der Waals surface area (Å²) >= 11 is 1.66. The number of benzene rings is 2. The molecule has 4 aromatic rings. The van der Waals surface area contributed by atoms with Crippen LogP contribution in [0.5, 0.6) is 0 Å². The number of rotatable bonds is 0. The first-order chi connectivity index (χ1) is 10.4. The Kier molecular flexibility index (Phi) is 12.4. The molecule has 23 heavy (non-hydrogen) atoms. The summed E-state index contributed by atoms with van der Waals surface area (Å²) in [5, 5.41) is 5.39. The number of fused-ring (bicyclic) bond motifs is 3. The summed E-state index contributed by atoms with van der Waals surface area (Å²) in [6.45, 7) is 2.19. The van der Waals surface area contributed by atoms with Crippen LogP contribution in [0, 0.1) is 0 Å².